The van der Waals surface area contributed by atoms with Crippen LogP contribution >= 0.6 is 0 Å². The van der Waals surface area contributed by atoms with E-state index in [-0.39, 0.29) is 29.7 Å². The van der Waals surface area contributed by atoms with Crippen molar-refractivity contribution in [1.29, 1.82) is 0 Å². The summed E-state index contributed by atoms with van der Waals surface area (Å²) in [5, 5.41) is 9.61. The van der Waals surface area contributed by atoms with Crippen LogP contribution in [-0.2, 0) is 0 Å². The number of nitrogens with zero attached hydrogens (tertiary/aromatic N) is 1. The van der Waals surface area contributed by atoms with Crippen molar-refractivity contribution in [2.75, 3.05) is 29.9 Å². The van der Waals surface area contributed by atoms with Crippen LogP contribution in [0.1, 0.15) is 56.7 Å². The van der Waals surface area contributed by atoms with Crippen molar-refractivity contribution in [2.24, 2.45) is 0 Å². The Labute approximate surface area is 199 Å². The van der Waals surface area contributed by atoms with E-state index in [9.17, 15) is 9.59 Å². The van der Waals surface area contributed by atoms with Crippen molar-refractivity contribution in [2.45, 2.75) is 38.8 Å². The average molecular weight is 459 g/mol. The van der Waals surface area contributed by atoms with Crippen LogP contribution in [0.2, 0.25) is 0 Å². The molecule has 1 saturated carbocycles. The number of rotatable bonds is 6. The van der Waals surface area contributed by atoms with Crippen LogP contribution in [0.25, 0.3) is 0 Å². The molecule has 2 fully saturated rings. The molecule has 176 valence electrons. The van der Waals surface area contributed by atoms with Crippen molar-refractivity contribution in [1.82, 2.24) is 10.6 Å². The zero-order chi connectivity index (χ0) is 23.7. The van der Waals surface area contributed by atoms with Crippen molar-refractivity contribution >= 4 is 23.2 Å². The normalized spacial score (nSPS) is 17.9. The Kier molecular flexibility index (Phi) is 6.11. The summed E-state index contributed by atoms with van der Waals surface area (Å²) in [6.45, 7) is 6.24. The number of furan rings is 1. The maximum Gasteiger partial charge on any atom is 0.291 e. The number of anilines is 2. The fraction of sp³-hybridized carbons (Fsp3) is 0.333. The highest BCUT2D eigenvalue weighted by Gasteiger charge is 2.26. The second kappa shape index (κ2) is 9.35. The van der Waals surface area contributed by atoms with E-state index in [1.54, 1.807) is 25.1 Å². The van der Waals surface area contributed by atoms with Gasteiger partial charge in [-0.15, -0.1) is 0 Å². The van der Waals surface area contributed by atoms with Crippen molar-refractivity contribution in [3.63, 3.8) is 0 Å². The van der Waals surface area contributed by atoms with Crippen LogP contribution in [0, 0.1) is 13.8 Å². The van der Waals surface area contributed by atoms with Crippen molar-refractivity contribution in [3.05, 3.63) is 82.8 Å². The van der Waals surface area contributed by atoms with E-state index in [2.05, 4.69) is 52.0 Å². The topological polar surface area (TPSA) is 86.6 Å². The van der Waals surface area contributed by atoms with Gasteiger partial charge in [-0.1, -0.05) is 29.8 Å². The quantitative estimate of drug-likeness (QED) is 0.516. The number of hydrogen-bond donors (Lipinski definition) is 3. The molecule has 1 atom stereocenters. The highest BCUT2D eigenvalue weighted by atomic mass is 16.3. The predicted octanol–water partition coefficient (Wildman–Crippen LogP) is 4.19. The van der Waals surface area contributed by atoms with E-state index in [1.165, 1.54) is 11.1 Å². The Morgan fingerprint density at radius 1 is 1.00 bits per heavy atom. The Hall–Kier alpha value is -3.58. The number of hydrogen-bond acceptors (Lipinski definition) is 5. The second-order valence-electron chi connectivity index (χ2n) is 9.21. The van der Waals surface area contributed by atoms with Crippen molar-refractivity contribution in [3.8, 4) is 0 Å². The third-order valence-electron chi connectivity index (χ3n) is 6.38. The van der Waals surface area contributed by atoms with Gasteiger partial charge in [-0.3, -0.25) is 9.59 Å². The predicted molar refractivity (Wildman–Crippen MR) is 132 cm³/mol. The molecule has 0 radical (unpaired) electrons. The third kappa shape index (κ3) is 4.99. The highest BCUT2D eigenvalue weighted by molar-refractivity contribution is 6.05. The molecule has 1 unspecified atom stereocenters. The molecule has 2 aliphatic rings. The molecule has 2 aromatic carbocycles. The Balaban J connectivity index is 1.42. The molecule has 5 rings (SSSR count). The van der Waals surface area contributed by atoms with E-state index in [0.717, 1.165) is 38.2 Å². The Morgan fingerprint density at radius 3 is 2.50 bits per heavy atom. The molecule has 1 aliphatic heterocycles. The standard InChI is InChI=1S/C27H30N4O3/c1-17-3-6-19(7-4-17)23-16-31(14-13-28-23)24-11-8-20(26(32)29-21-9-10-21)15-22(24)30-27(33)25-12-5-18(2)34-25/h3-8,11-12,15,21,23,28H,9-10,13-14,16H2,1-2H3,(H,29,32)(H,30,33). The van der Waals surface area contributed by atoms with Gasteiger partial charge in [-0.25, -0.2) is 0 Å². The van der Waals surface area contributed by atoms with Crippen LogP contribution in [0.15, 0.2) is 59.0 Å². The lowest BCUT2D eigenvalue weighted by molar-refractivity contribution is 0.0949. The molecule has 1 aromatic heterocycles. The minimum Gasteiger partial charge on any atom is -0.456 e. The lowest BCUT2D eigenvalue weighted by Crippen LogP contribution is -2.46. The van der Waals surface area contributed by atoms with Gasteiger partial charge >= 0.3 is 0 Å². The fourth-order valence-electron chi connectivity index (χ4n) is 4.28. The second-order valence-corrected chi connectivity index (χ2v) is 9.21. The number of nitrogens with one attached hydrogen (secondary N) is 3. The van der Waals surface area contributed by atoms with Gasteiger partial charge in [0.25, 0.3) is 11.8 Å². The molecule has 3 N–H and O–H groups in total. The molecule has 2 amide bonds. The lowest BCUT2D eigenvalue weighted by Gasteiger charge is -2.36. The van der Waals surface area contributed by atoms with Gasteiger partial charge in [0.1, 0.15) is 5.76 Å². The van der Waals surface area contributed by atoms with Crippen molar-refractivity contribution < 1.29 is 14.0 Å². The molecule has 7 nitrogen and oxygen atoms in total. The average Bonchev–Trinajstić information content (AvgIpc) is 3.55. The summed E-state index contributed by atoms with van der Waals surface area (Å²) in [5.41, 5.74) is 4.49. The van der Waals surface area contributed by atoms with Gasteiger partial charge in [-0.2, -0.15) is 0 Å². The molecule has 1 saturated heterocycles. The Morgan fingerprint density at radius 2 is 1.79 bits per heavy atom. The first-order valence-corrected chi connectivity index (χ1v) is 11.8. The van der Waals surface area contributed by atoms with Crippen LogP contribution < -0.4 is 20.9 Å². The van der Waals surface area contributed by atoms with Crippen LogP contribution in [-0.4, -0.2) is 37.5 Å². The first-order chi connectivity index (χ1) is 16.5. The van der Waals surface area contributed by atoms with E-state index in [1.807, 2.05) is 12.1 Å². The summed E-state index contributed by atoms with van der Waals surface area (Å²) >= 11 is 0. The number of carbonyl (C=O) groups excluding carboxylic acids is 2. The lowest BCUT2D eigenvalue weighted by atomic mass is 10.0. The van der Waals surface area contributed by atoms with E-state index >= 15 is 0 Å². The molecule has 2 heterocycles. The summed E-state index contributed by atoms with van der Waals surface area (Å²) < 4.78 is 5.51. The van der Waals surface area contributed by atoms with Gasteiger partial charge in [0.2, 0.25) is 0 Å². The molecule has 34 heavy (non-hydrogen) atoms. The highest BCUT2D eigenvalue weighted by Crippen LogP contribution is 2.31. The summed E-state index contributed by atoms with van der Waals surface area (Å²) in [6.07, 6.45) is 2.04. The minimum atomic E-state index is -0.334. The molecule has 0 bridgehead atoms. The molecule has 3 aromatic rings. The molecule has 1 aliphatic carbocycles. The van der Waals surface area contributed by atoms with Crippen LogP contribution in [0.4, 0.5) is 11.4 Å². The monoisotopic (exact) mass is 458 g/mol. The number of benzene rings is 2. The maximum atomic E-state index is 12.9. The summed E-state index contributed by atoms with van der Waals surface area (Å²) in [6, 6.07) is 18.0. The first kappa shape index (κ1) is 22.2. The number of amides is 2. The first-order valence-electron chi connectivity index (χ1n) is 11.8. The van der Waals surface area contributed by atoms with Crippen LogP contribution in [0.3, 0.4) is 0 Å². The number of aryl methyl sites for hydroxylation is 2. The van der Waals surface area contributed by atoms with Gasteiger partial charge in [0.05, 0.1) is 11.4 Å². The van der Waals surface area contributed by atoms with E-state index < -0.39 is 0 Å². The number of piperazine rings is 1. The molecular formula is C27H30N4O3. The summed E-state index contributed by atoms with van der Waals surface area (Å²) in [4.78, 5) is 27.9. The number of carbonyl (C=O) groups is 2. The van der Waals surface area contributed by atoms with Gasteiger partial charge in [-0.05, 0) is 62.6 Å². The summed E-state index contributed by atoms with van der Waals surface area (Å²) in [7, 11) is 0. The zero-order valence-electron chi connectivity index (χ0n) is 19.6. The maximum absolute atomic E-state index is 12.9. The van der Waals surface area contributed by atoms with Gasteiger partial charge in [0, 0.05) is 37.3 Å². The fourth-order valence-corrected chi connectivity index (χ4v) is 4.28. The van der Waals surface area contributed by atoms with Crippen LogP contribution in [0.5, 0.6) is 0 Å². The smallest absolute Gasteiger partial charge is 0.291 e. The molecule has 0 spiro atoms. The molecular weight excluding hydrogens is 428 g/mol. The molecule has 7 heteroatoms. The van der Waals surface area contributed by atoms with E-state index in [4.69, 9.17) is 4.42 Å². The Bertz CT molecular complexity index is 1200. The van der Waals surface area contributed by atoms with Gasteiger partial charge in [0.15, 0.2) is 5.76 Å². The van der Waals surface area contributed by atoms with Gasteiger partial charge < -0.3 is 25.3 Å². The summed E-state index contributed by atoms with van der Waals surface area (Å²) in [5.74, 6) is 0.468. The minimum absolute atomic E-state index is 0.115. The van der Waals surface area contributed by atoms with E-state index in [0.29, 0.717) is 17.0 Å². The zero-order valence-corrected chi connectivity index (χ0v) is 19.6. The largest absolute Gasteiger partial charge is 0.456 e. The third-order valence-corrected chi connectivity index (χ3v) is 6.38. The SMILES string of the molecule is Cc1ccc(C2CN(c3ccc(C(=O)NC4CC4)cc3NC(=O)c3ccc(C)o3)CCN2)cc1.